The third-order valence-electron chi connectivity index (χ3n) is 0.916. The maximum atomic E-state index is 4.95. The molecule has 0 rings (SSSR count). The lowest BCUT2D eigenvalue weighted by Gasteiger charge is -2.05. The molecule has 0 aliphatic heterocycles. The highest BCUT2D eigenvalue weighted by atomic mass is 16.6. The van der Waals surface area contributed by atoms with Crippen LogP contribution in [0.3, 0.4) is 0 Å². The first-order valence-corrected chi connectivity index (χ1v) is 3.18. The van der Waals surface area contributed by atoms with Gasteiger partial charge >= 0.3 is 0 Å². The number of hydrogen-bond acceptors (Lipinski definition) is 3. The SMILES string of the molecule is C=C(C)N=C(ON)C(C)C. The summed E-state index contributed by atoms with van der Waals surface area (Å²) in [6, 6.07) is 0. The molecule has 0 aromatic carbocycles. The van der Waals surface area contributed by atoms with Gasteiger partial charge in [-0.2, -0.15) is 5.90 Å². The maximum absolute atomic E-state index is 4.95. The standard InChI is InChI=1S/C7H14N2O/c1-5(2)7(10-8)9-6(3)4/h5H,3,8H2,1-2,4H3. The fourth-order valence-electron chi connectivity index (χ4n) is 0.480. The molecule has 0 radical (unpaired) electrons. The lowest BCUT2D eigenvalue weighted by molar-refractivity contribution is 0.299. The second kappa shape index (κ2) is 4.06. The van der Waals surface area contributed by atoms with Crippen LogP contribution in [0, 0.1) is 5.92 Å². The Kier molecular flexibility index (Phi) is 3.72. The topological polar surface area (TPSA) is 47.6 Å². The molecule has 0 bridgehead atoms. The first kappa shape index (κ1) is 9.17. The summed E-state index contributed by atoms with van der Waals surface area (Å²) in [6.07, 6.45) is 0. The Morgan fingerprint density at radius 1 is 1.60 bits per heavy atom. The summed E-state index contributed by atoms with van der Waals surface area (Å²) >= 11 is 0. The summed E-state index contributed by atoms with van der Waals surface area (Å²) in [7, 11) is 0. The van der Waals surface area contributed by atoms with Crippen LogP contribution in [-0.4, -0.2) is 5.90 Å². The zero-order valence-electron chi connectivity index (χ0n) is 6.72. The predicted octanol–water partition coefficient (Wildman–Crippen LogP) is 1.46. The van der Waals surface area contributed by atoms with Crippen LogP contribution in [-0.2, 0) is 4.84 Å². The smallest absolute Gasteiger partial charge is 0.216 e. The van der Waals surface area contributed by atoms with E-state index >= 15 is 0 Å². The van der Waals surface area contributed by atoms with Crippen LogP contribution in [0.4, 0.5) is 0 Å². The molecule has 0 fully saturated rings. The largest absolute Gasteiger partial charge is 0.396 e. The third kappa shape index (κ3) is 3.25. The van der Waals surface area contributed by atoms with Crippen LogP contribution in [0.2, 0.25) is 0 Å². The Labute approximate surface area is 61.5 Å². The number of rotatable bonds is 2. The monoisotopic (exact) mass is 142 g/mol. The minimum Gasteiger partial charge on any atom is -0.396 e. The molecule has 0 aliphatic carbocycles. The molecule has 3 heteroatoms. The minimum absolute atomic E-state index is 0.210. The van der Waals surface area contributed by atoms with E-state index in [0.717, 1.165) is 0 Å². The quantitative estimate of drug-likeness (QED) is 0.360. The summed E-state index contributed by atoms with van der Waals surface area (Å²) < 4.78 is 0. The first-order valence-electron chi connectivity index (χ1n) is 3.18. The predicted molar refractivity (Wildman–Crippen MR) is 42.4 cm³/mol. The number of aliphatic imine (C=N–C) groups is 1. The minimum atomic E-state index is 0.210. The van der Waals surface area contributed by atoms with E-state index in [1.807, 2.05) is 13.8 Å². The maximum Gasteiger partial charge on any atom is 0.216 e. The van der Waals surface area contributed by atoms with E-state index in [1.54, 1.807) is 6.92 Å². The highest BCUT2D eigenvalue weighted by Crippen LogP contribution is 2.00. The first-order chi connectivity index (χ1) is 4.57. The van der Waals surface area contributed by atoms with E-state index in [0.29, 0.717) is 11.6 Å². The van der Waals surface area contributed by atoms with Crippen molar-refractivity contribution in [2.45, 2.75) is 20.8 Å². The fraction of sp³-hybridized carbons (Fsp3) is 0.571. The Bertz CT molecular complexity index is 150. The average Bonchev–Trinajstić information content (AvgIpc) is 1.81. The van der Waals surface area contributed by atoms with E-state index < -0.39 is 0 Å². The molecule has 0 aromatic heterocycles. The lowest BCUT2D eigenvalue weighted by atomic mass is 10.2. The van der Waals surface area contributed by atoms with Gasteiger partial charge in [-0.3, -0.25) is 0 Å². The zero-order valence-corrected chi connectivity index (χ0v) is 6.72. The zero-order chi connectivity index (χ0) is 8.15. The van der Waals surface area contributed by atoms with Crippen molar-refractivity contribution in [1.29, 1.82) is 0 Å². The average molecular weight is 142 g/mol. The molecule has 0 atom stereocenters. The highest BCUT2D eigenvalue weighted by molar-refractivity contribution is 5.78. The molecule has 0 saturated carbocycles. The van der Waals surface area contributed by atoms with E-state index in [2.05, 4.69) is 16.4 Å². The summed E-state index contributed by atoms with van der Waals surface area (Å²) in [4.78, 5) is 8.48. The van der Waals surface area contributed by atoms with Gasteiger partial charge in [0.15, 0.2) is 0 Å². The van der Waals surface area contributed by atoms with Crippen molar-refractivity contribution in [1.82, 2.24) is 0 Å². The Morgan fingerprint density at radius 2 is 2.10 bits per heavy atom. The van der Waals surface area contributed by atoms with Gasteiger partial charge in [-0.05, 0) is 6.92 Å². The van der Waals surface area contributed by atoms with E-state index in [9.17, 15) is 0 Å². The van der Waals surface area contributed by atoms with Crippen LogP contribution in [0.1, 0.15) is 20.8 Å². The molecule has 0 unspecified atom stereocenters. The van der Waals surface area contributed by atoms with Gasteiger partial charge in [0, 0.05) is 11.6 Å². The van der Waals surface area contributed by atoms with Gasteiger partial charge < -0.3 is 4.84 Å². The van der Waals surface area contributed by atoms with Crippen molar-refractivity contribution in [2.24, 2.45) is 16.8 Å². The van der Waals surface area contributed by atoms with Crippen molar-refractivity contribution in [3.05, 3.63) is 12.3 Å². The number of nitrogens with two attached hydrogens (primary N) is 1. The van der Waals surface area contributed by atoms with Gasteiger partial charge in [-0.25, -0.2) is 4.99 Å². The second-order valence-electron chi connectivity index (χ2n) is 2.46. The molecule has 58 valence electrons. The fourth-order valence-corrected chi connectivity index (χ4v) is 0.480. The number of hydrogen-bond donors (Lipinski definition) is 1. The van der Waals surface area contributed by atoms with Crippen molar-refractivity contribution in [3.63, 3.8) is 0 Å². The van der Waals surface area contributed by atoms with Crippen molar-refractivity contribution < 1.29 is 4.84 Å². The molecule has 0 saturated heterocycles. The van der Waals surface area contributed by atoms with Gasteiger partial charge in [0.1, 0.15) is 0 Å². The van der Waals surface area contributed by atoms with Crippen LogP contribution in [0.5, 0.6) is 0 Å². The summed E-state index contributed by atoms with van der Waals surface area (Å²) in [5.41, 5.74) is 0.703. The van der Waals surface area contributed by atoms with Gasteiger partial charge in [-0.15, -0.1) is 0 Å². The Morgan fingerprint density at radius 3 is 2.20 bits per heavy atom. The van der Waals surface area contributed by atoms with Crippen LogP contribution in [0.25, 0.3) is 0 Å². The Balaban J connectivity index is 4.18. The van der Waals surface area contributed by atoms with Crippen LogP contribution >= 0.6 is 0 Å². The molecule has 3 nitrogen and oxygen atoms in total. The summed E-state index contributed by atoms with van der Waals surface area (Å²) in [5, 5.41) is 0. The highest BCUT2D eigenvalue weighted by Gasteiger charge is 2.03. The van der Waals surface area contributed by atoms with E-state index in [1.165, 1.54) is 0 Å². The second-order valence-corrected chi connectivity index (χ2v) is 2.46. The Hall–Kier alpha value is -0.830. The number of allylic oxidation sites excluding steroid dienone is 1. The van der Waals surface area contributed by atoms with Crippen LogP contribution in [0.15, 0.2) is 17.3 Å². The number of nitrogens with zero attached hydrogens (tertiary/aromatic N) is 1. The van der Waals surface area contributed by atoms with E-state index in [4.69, 9.17) is 5.90 Å². The van der Waals surface area contributed by atoms with Crippen molar-refractivity contribution >= 4 is 5.90 Å². The van der Waals surface area contributed by atoms with Crippen molar-refractivity contribution in [2.75, 3.05) is 0 Å². The van der Waals surface area contributed by atoms with Gasteiger partial charge in [-0.1, -0.05) is 20.4 Å². The van der Waals surface area contributed by atoms with Gasteiger partial charge in [0.2, 0.25) is 5.90 Å². The molecular formula is C7H14N2O. The summed E-state index contributed by atoms with van der Waals surface area (Å²) in [6.45, 7) is 9.30. The molecule has 0 spiro atoms. The molecule has 0 amide bonds. The molecular weight excluding hydrogens is 128 g/mol. The molecule has 0 heterocycles. The van der Waals surface area contributed by atoms with Crippen LogP contribution < -0.4 is 5.90 Å². The van der Waals surface area contributed by atoms with Gasteiger partial charge in [0.05, 0.1) is 0 Å². The van der Waals surface area contributed by atoms with E-state index in [-0.39, 0.29) is 5.92 Å². The molecule has 0 aromatic rings. The normalized spacial score (nSPS) is 11.9. The molecule has 10 heavy (non-hydrogen) atoms. The van der Waals surface area contributed by atoms with Crippen molar-refractivity contribution in [3.8, 4) is 0 Å². The van der Waals surface area contributed by atoms with Gasteiger partial charge in [0.25, 0.3) is 0 Å². The molecule has 0 aliphatic rings. The third-order valence-corrected chi connectivity index (χ3v) is 0.916. The molecule has 2 N–H and O–H groups in total. The summed E-state index contributed by atoms with van der Waals surface area (Å²) in [5.74, 6) is 5.68. The lowest BCUT2D eigenvalue weighted by Crippen LogP contribution is -2.16.